The summed E-state index contributed by atoms with van der Waals surface area (Å²) in [4.78, 5) is 8.33. The van der Waals surface area contributed by atoms with E-state index in [4.69, 9.17) is 0 Å². The van der Waals surface area contributed by atoms with E-state index in [1.807, 2.05) is 3.93 Å². The average Bonchev–Trinajstić information content (AvgIpc) is 2.34. The molecule has 2 heterocycles. The summed E-state index contributed by atoms with van der Waals surface area (Å²) in [5, 5.41) is 0. The van der Waals surface area contributed by atoms with Crippen molar-refractivity contribution < 1.29 is 0 Å². The van der Waals surface area contributed by atoms with Gasteiger partial charge in [-0.3, -0.25) is 8.91 Å². The van der Waals surface area contributed by atoms with Gasteiger partial charge in [-0.25, -0.2) is 4.98 Å². The lowest BCUT2D eigenvalue weighted by atomic mass is 10.4. The lowest BCUT2D eigenvalue weighted by Crippen LogP contribution is -2.04. The SMILES string of the molecule is BrN1CCc2nccnc21. The Hall–Kier alpha value is -0.640. The maximum absolute atomic E-state index is 4.18. The zero-order valence-electron chi connectivity index (χ0n) is 5.29. The molecule has 1 aromatic heterocycles. The molecule has 0 aromatic carbocycles. The monoisotopic (exact) mass is 199 g/mol. The van der Waals surface area contributed by atoms with Crippen molar-refractivity contribution in [2.24, 2.45) is 0 Å². The highest BCUT2D eigenvalue weighted by Gasteiger charge is 2.18. The van der Waals surface area contributed by atoms with Gasteiger partial charge >= 0.3 is 0 Å². The van der Waals surface area contributed by atoms with Gasteiger partial charge < -0.3 is 0 Å². The zero-order chi connectivity index (χ0) is 6.97. The van der Waals surface area contributed by atoms with Gasteiger partial charge in [0.25, 0.3) is 0 Å². The fourth-order valence-corrected chi connectivity index (χ4v) is 1.52. The Morgan fingerprint density at radius 1 is 1.40 bits per heavy atom. The Labute approximate surface area is 67.4 Å². The second-order valence-corrected chi connectivity index (χ2v) is 3.02. The maximum atomic E-state index is 4.18. The third-order valence-corrected chi connectivity index (χ3v) is 2.22. The Bertz CT molecular complexity index is 251. The Balaban J connectivity index is 2.51. The van der Waals surface area contributed by atoms with Crippen LogP contribution in [0.25, 0.3) is 0 Å². The van der Waals surface area contributed by atoms with Crippen LogP contribution in [0.1, 0.15) is 5.69 Å². The highest BCUT2D eigenvalue weighted by Crippen LogP contribution is 2.24. The lowest BCUT2D eigenvalue weighted by Gasteiger charge is -2.04. The molecule has 0 saturated heterocycles. The minimum absolute atomic E-state index is 0.961. The van der Waals surface area contributed by atoms with Crippen LogP contribution >= 0.6 is 16.1 Å². The van der Waals surface area contributed by atoms with Crippen LogP contribution in [0, 0.1) is 0 Å². The maximum Gasteiger partial charge on any atom is 0.160 e. The molecule has 1 aliphatic rings. The second kappa shape index (κ2) is 2.20. The van der Waals surface area contributed by atoms with Gasteiger partial charge in [0, 0.05) is 25.4 Å². The molecule has 0 atom stereocenters. The summed E-state index contributed by atoms with van der Waals surface area (Å²) in [5.41, 5.74) is 1.08. The standard InChI is InChI=1S/C6H6BrN3/c7-10-4-1-5-6(10)9-3-2-8-5/h2-3H,1,4H2. The van der Waals surface area contributed by atoms with Crippen LogP contribution in [0.3, 0.4) is 0 Å². The molecule has 0 fully saturated rings. The normalized spacial score (nSPS) is 15.5. The molecular weight excluding hydrogens is 194 g/mol. The largest absolute Gasteiger partial charge is 0.291 e. The number of hydrogen-bond donors (Lipinski definition) is 0. The van der Waals surface area contributed by atoms with Crippen molar-refractivity contribution in [3.05, 3.63) is 18.1 Å². The van der Waals surface area contributed by atoms with Crippen molar-refractivity contribution >= 4 is 22.0 Å². The van der Waals surface area contributed by atoms with Gasteiger partial charge in [-0.15, -0.1) is 0 Å². The molecule has 52 valence electrons. The van der Waals surface area contributed by atoms with Gasteiger partial charge in [0.1, 0.15) is 0 Å². The molecule has 0 spiro atoms. The number of fused-ring (bicyclic) bond motifs is 1. The molecule has 0 bridgehead atoms. The first kappa shape index (κ1) is 6.09. The molecule has 0 radical (unpaired) electrons. The van der Waals surface area contributed by atoms with E-state index < -0.39 is 0 Å². The van der Waals surface area contributed by atoms with Crippen LogP contribution in [0.2, 0.25) is 0 Å². The van der Waals surface area contributed by atoms with E-state index in [2.05, 4.69) is 26.1 Å². The van der Waals surface area contributed by atoms with Crippen molar-refractivity contribution in [1.29, 1.82) is 0 Å². The quantitative estimate of drug-likeness (QED) is 0.588. The molecule has 3 nitrogen and oxygen atoms in total. The molecule has 1 aliphatic heterocycles. The molecule has 0 unspecified atom stereocenters. The van der Waals surface area contributed by atoms with E-state index in [0.717, 1.165) is 24.5 Å². The van der Waals surface area contributed by atoms with Crippen molar-refractivity contribution in [3.8, 4) is 0 Å². The number of halogens is 1. The van der Waals surface area contributed by atoms with E-state index in [9.17, 15) is 0 Å². The molecule has 0 amide bonds. The Morgan fingerprint density at radius 3 is 3.00 bits per heavy atom. The van der Waals surface area contributed by atoms with Crippen LogP contribution in [0.5, 0.6) is 0 Å². The second-order valence-electron chi connectivity index (χ2n) is 2.16. The van der Waals surface area contributed by atoms with Crippen molar-refractivity contribution in [3.63, 3.8) is 0 Å². The van der Waals surface area contributed by atoms with E-state index >= 15 is 0 Å². The third-order valence-electron chi connectivity index (χ3n) is 1.53. The van der Waals surface area contributed by atoms with Crippen LogP contribution in [-0.2, 0) is 6.42 Å². The molecule has 1 aromatic rings. The predicted octanol–water partition coefficient (Wildman–Crippen LogP) is 1.15. The molecule has 0 saturated carbocycles. The zero-order valence-corrected chi connectivity index (χ0v) is 6.87. The number of rotatable bonds is 0. The lowest BCUT2D eigenvalue weighted by molar-refractivity contribution is 1.02. The molecule has 0 aliphatic carbocycles. The average molecular weight is 200 g/mol. The summed E-state index contributed by atoms with van der Waals surface area (Å²) in [6, 6.07) is 0. The molecule has 2 rings (SSSR count). The van der Waals surface area contributed by atoms with Gasteiger partial charge in [-0.2, -0.15) is 0 Å². The molecular formula is C6H6BrN3. The number of hydrogen-bond acceptors (Lipinski definition) is 3. The topological polar surface area (TPSA) is 29.0 Å². The summed E-state index contributed by atoms with van der Waals surface area (Å²) < 4.78 is 1.94. The van der Waals surface area contributed by atoms with Crippen molar-refractivity contribution in [2.45, 2.75) is 6.42 Å². The highest BCUT2D eigenvalue weighted by atomic mass is 79.9. The molecule has 10 heavy (non-hydrogen) atoms. The van der Waals surface area contributed by atoms with E-state index in [-0.39, 0.29) is 0 Å². The van der Waals surface area contributed by atoms with Crippen molar-refractivity contribution in [2.75, 3.05) is 10.5 Å². The van der Waals surface area contributed by atoms with Gasteiger partial charge in [0.15, 0.2) is 5.82 Å². The fourth-order valence-electron chi connectivity index (χ4n) is 1.05. The number of aromatic nitrogens is 2. The van der Waals surface area contributed by atoms with Gasteiger partial charge in [-0.1, -0.05) is 0 Å². The summed E-state index contributed by atoms with van der Waals surface area (Å²) in [6.45, 7) is 0.972. The Morgan fingerprint density at radius 2 is 2.20 bits per heavy atom. The van der Waals surface area contributed by atoms with Gasteiger partial charge in [-0.05, 0) is 0 Å². The van der Waals surface area contributed by atoms with Crippen LogP contribution in [-0.4, -0.2) is 16.5 Å². The third kappa shape index (κ3) is 0.794. The van der Waals surface area contributed by atoms with E-state index in [1.54, 1.807) is 12.4 Å². The molecule has 4 heteroatoms. The van der Waals surface area contributed by atoms with E-state index in [1.165, 1.54) is 0 Å². The number of nitrogens with zero attached hydrogens (tertiary/aromatic N) is 3. The fraction of sp³-hybridized carbons (Fsp3) is 0.333. The van der Waals surface area contributed by atoms with Crippen molar-refractivity contribution in [1.82, 2.24) is 9.97 Å². The minimum atomic E-state index is 0.961. The summed E-state index contributed by atoms with van der Waals surface area (Å²) in [6.07, 6.45) is 4.43. The summed E-state index contributed by atoms with van der Waals surface area (Å²) >= 11 is 3.37. The Kier molecular flexibility index (Phi) is 1.34. The van der Waals surface area contributed by atoms with Gasteiger partial charge in [0.05, 0.1) is 21.8 Å². The van der Waals surface area contributed by atoms with E-state index in [0.29, 0.717) is 0 Å². The number of anilines is 1. The first-order valence-corrected chi connectivity index (χ1v) is 3.82. The summed E-state index contributed by atoms with van der Waals surface area (Å²) in [7, 11) is 0. The van der Waals surface area contributed by atoms with Gasteiger partial charge in [0.2, 0.25) is 0 Å². The van der Waals surface area contributed by atoms with Crippen LogP contribution < -0.4 is 3.93 Å². The first-order chi connectivity index (χ1) is 4.88. The first-order valence-electron chi connectivity index (χ1n) is 3.11. The predicted molar refractivity (Wildman–Crippen MR) is 42.0 cm³/mol. The highest BCUT2D eigenvalue weighted by molar-refractivity contribution is 9.10. The smallest absolute Gasteiger partial charge is 0.160 e. The van der Waals surface area contributed by atoms with Crippen LogP contribution in [0.4, 0.5) is 5.82 Å². The molecule has 0 N–H and O–H groups in total. The minimum Gasteiger partial charge on any atom is -0.291 e. The van der Waals surface area contributed by atoms with Crippen LogP contribution in [0.15, 0.2) is 12.4 Å². The summed E-state index contributed by atoms with van der Waals surface area (Å²) in [5.74, 6) is 0.961.